The van der Waals surface area contributed by atoms with E-state index in [4.69, 9.17) is 10.5 Å². The van der Waals surface area contributed by atoms with Crippen molar-refractivity contribution >= 4 is 34.2 Å². The maximum absolute atomic E-state index is 12.7. The number of carbonyl (C=O) groups excluding carboxylic acids is 1. The summed E-state index contributed by atoms with van der Waals surface area (Å²) in [5, 5.41) is 3.07. The lowest BCUT2D eigenvalue weighted by Crippen LogP contribution is -2.50. The number of rotatable bonds is 3. The molecule has 0 bridgehead atoms. The second-order valence-electron chi connectivity index (χ2n) is 5.91. The van der Waals surface area contributed by atoms with Crippen molar-refractivity contribution in [2.45, 2.75) is 24.9 Å². The standard InChI is InChI=1S/C18H19BrN2O2.ClH/c1-18(20,12-6-8-13(19)9-7-12)17(22)21-15-10-11-23-16-5-3-2-4-14(15)16;/h2-9,15H,10-11,20H2,1H3,(H,21,22);1H. The molecule has 24 heavy (non-hydrogen) atoms. The van der Waals surface area contributed by atoms with Crippen LogP contribution in [0.4, 0.5) is 0 Å². The van der Waals surface area contributed by atoms with E-state index in [9.17, 15) is 4.79 Å². The van der Waals surface area contributed by atoms with E-state index in [0.29, 0.717) is 6.61 Å². The Bertz CT molecular complexity index is 719. The van der Waals surface area contributed by atoms with Gasteiger partial charge in [-0.3, -0.25) is 4.79 Å². The molecule has 3 N–H and O–H groups in total. The van der Waals surface area contributed by atoms with Crippen molar-refractivity contribution in [3.63, 3.8) is 0 Å². The van der Waals surface area contributed by atoms with Crippen molar-refractivity contribution in [1.82, 2.24) is 5.32 Å². The molecule has 1 amide bonds. The summed E-state index contributed by atoms with van der Waals surface area (Å²) in [6, 6.07) is 15.2. The van der Waals surface area contributed by atoms with E-state index in [0.717, 1.165) is 27.8 Å². The molecular formula is C18H20BrClN2O2. The highest BCUT2D eigenvalue weighted by atomic mass is 79.9. The quantitative estimate of drug-likeness (QED) is 0.809. The summed E-state index contributed by atoms with van der Waals surface area (Å²) < 4.78 is 6.59. The first-order chi connectivity index (χ1) is 11.0. The average molecular weight is 412 g/mol. The number of halogens is 2. The van der Waals surface area contributed by atoms with Crippen molar-refractivity contribution in [2.75, 3.05) is 6.61 Å². The summed E-state index contributed by atoms with van der Waals surface area (Å²) in [6.07, 6.45) is 0.735. The van der Waals surface area contributed by atoms with Gasteiger partial charge in [0, 0.05) is 16.5 Å². The highest BCUT2D eigenvalue weighted by molar-refractivity contribution is 9.10. The highest BCUT2D eigenvalue weighted by Crippen LogP contribution is 2.32. The van der Waals surface area contributed by atoms with Crippen LogP contribution in [0.5, 0.6) is 5.75 Å². The van der Waals surface area contributed by atoms with Crippen LogP contribution >= 0.6 is 28.3 Å². The number of nitrogens with two attached hydrogens (primary N) is 1. The number of hydrogen-bond donors (Lipinski definition) is 2. The molecule has 3 rings (SSSR count). The summed E-state index contributed by atoms with van der Waals surface area (Å²) in [7, 11) is 0. The van der Waals surface area contributed by atoms with Crippen LogP contribution in [0.1, 0.15) is 30.5 Å². The number of amides is 1. The molecule has 0 fully saturated rings. The van der Waals surface area contributed by atoms with E-state index in [1.54, 1.807) is 6.92 Å². The van der Waals surface area contributed by atoms with E-state index in [-0.39, 0.29) is 24.4 Å². The molecule has 0 saturated carbocycles. The highest BCUT2D eigenvalue weighted by Gasteiger charge is 2.33. The number of para-hydroxylation sites is 1. The molecule has 0 aliphatic carbocycles. The summed E-state index contributed by atoms with van der Waals surface area (Å²) in [5.41, 5.74) is 7.00. The lowest BCUT2D eigenvalue weighted by atomic mass is 9.91. The third-order valence-corrected chi connectivity index (χ3v) is 4.71. The SMILES string of the molecule is CC(N)(C(=O)NC1CCOc2ccccc21)c1ccc(Br)cc1.Cl. The van der Waals surface area contributed by atoms with E-state index in [2.05, 4.69) is 21.2 Å². The van der Waals surface area contributed by atoms with Crippen LogP contribution in [0.2, 0.25) is 0 Å². The van der Waals surface area contributed by atoms with Crippen LogP contribution in [0.3, 0.4) is 0 Å². The van der Waals surface area contributed by atoms with E-state index in [1.807, 2.05) is 48.5 Å². The van der Waals surface area contributed by atoms with Gasteiger partial charge in [-0.05, 0) is 30.7 Å². The largest absolute Gasteiger partial charge is 0.493 e. The Morgan fingerprint density at radius 3 is 2.62 bits per heavy atom. The molecule has 128 valence electrons. The number of benzene rings is 2. The third kappa shape index (κ3) is 3.74. The van der Waals surface area contributed by atoms with Gasteiger partial charge in [0.05, 0.1) is 12.6 Å². The molecule has 2 unspecified atom stereocenters. The molecule has 4 nitrogen and oxygen atoms in total. The van der Waals surface area contributed by atoms with Gasteiger partial charge in [0.25, 0.3) is 0 Å². The van der Waals surface area contributed by atoms with Gasteiger partial charge in [0.2, 0.25) is 5.91 Å². The molecule has 0 saturated heterocycles. The van der Waals surface area contributed by atoms with Crippen molar-refractivity contribution in [1.29, 1.82) is 0 Å². The molecule has 1 aliphatic rings. The molecule has 0 aromatic heterocycles. The van der Waals surface area contributed by atoms with Gasteiger partial charge in [0.15, 0.2) is 0 Å². The molecule has 1 heterocycles. The monoisotopic (exact) mass is 410 g/mol. The lowest BCUT2D eigenvalue weighted by molar-refractivity contribution is -0.127. The number of hydrogen-bond acceptors (Lipinski definition) is 3. The van der Waals surface area contributed by atoms with Crippen LogP contribution < -0.4 is 15.8 Å². The fourth-order valence-corrected chi connectivity index (χ4v) is 2.99. The zero-order chi connectivity index (χ0) is 16.4. The number of carbonyl (C=O) groups is 1. The molecule has 0 spiro atoms. The normalized spacial score (nSPS) is 18.4. The van der Waals surface area contributed by atoms with Gasteiger partial charge in [-0.1, -0.05) is 46.3 Å². The van der Waals surface area contributed by atoms with Gasteiger partial charge in [-0.2, -0.15) is 0 Å². The Morgan fingerprint density at radius 2 is 1.92 bits per heavy atom. The Hall–Kier alpha value is -1.56. The Kier molecular flexibility index (Phi) is 5.91. The van der Waals surface area contributed by atoms with Crippen LogP contribution in [0.15, 0.2) is 53.0 Å². The van der Waals surface area contributed by atoms with Crippen LogP contribution in [-0.4, -0.2) is 12.5 Å². The number of fused-ring (bicyclic) bond motifs is 1. The Morgan fingerprint density at radius 1 is 1.25 bits per heavy atom. The van der Waals surface area contributed by atoms with Gasteiger partial charge in [-0.25, -0.2) is 0 Å². The van der Waals surface area contributed by atoms with E-state index >= 15 is 0 Å². The summed E-state index contributed by atoms with van der Waals surface area (Å²) >= 11 is 3.39. The van der Waals surface area contributed by atoms with Gasteiger partial charge < -0.3 is 15.8 Å². The number of ether oxygens (including phenoxy) is 1. The molecule has 1 aliphatic heterocycles. The third-order valence-electron chi connectivity index (χ3n) is 4.18. The summed E-state index contributed by atoms with van der Waals surface area (Å²) in [4.78, 5) is 12.7. The minimum atomic E-state index is -1.09. The molecule has 2 atom stereocenters. The number of nitrogens with one attached hydrogen (secondary N) is 1. The first-order valence-electron chi connectivity index (χ1n) is 7.56. The molecule has 0 radical (unpaired) electrons. The minimum absolute atomic E-state index is 0. The smallest absolute Gasteiger partial charge is 0.244 e. The zero-order valence-corrected chi connectivity index (χ0v) is 15.7. The van der Waals surface area contributed by atoms with Crippen molar-refractivity contribution in [3.05, 3.63) is 64.1 Å². The van der Waals surface area contributed by atoms with E-state index < -0.39 is 5.54 Å². The topological polar surface area (TPSA) is 64.4 Å². The predicted octanol–water partition coefficient (Wildman–Crippen LogP) is 3.68. The fourth-order valence-electron chi connectivity index (χ4n) is 2.73. The average Bonchev–Trinajstić information content (AvgIpc) is 2.55. The predicted molar refractivity (Wildman–Crippen MR) is 100 cm³/mol. The molecule has 2 aromatic rings. The first-order valence-corrected chi connectivity index (χ1v) is 8.35. The second kappa shape index (κ2) is 7.55. The molecule has 6 heteroatoms. The van der Waals surface area contributed by atoms with Gasteiger partial charge >= 0.3 is 0 Å². The first kappa shape index (κ1) is 18.8. The Labute approximate surface area is 156 Å². The van der Waals surface area contributed by atoms with Crippen LogP contribution in [0.25, 0.3) is 0 Å². The minimum Gasteiger partial charge on any atom is -0.493 e. The van der Waals surface area contributed by atoms with Gasteiger partial charge in [-0.15, -0.1) is 12.4 Å². The summed E-state index contributed by atoms with van der Waals surface area (Å²) in [6.45, 7) is 2.32. The second-order valence-corrected chi connectivity index (χ2v) is 6.83. The maximum Gasteiger partial charge on any atom is 0.244 e. The fraction of sp³-hybridized carbons (Fsp3) is 0.278. The van der Waals surface area contributed by atoms with Gasteiger partial charge in [0.1, 0.15) is 11.3 Å². The van der Waals surface area contributed by atoms with Crippen LogP contribution in [-0.2, 0) is 10.3 Å². The van der Waals surface area contributed by atoms with Crippen LogP contribution in [0, 0.1) is 0 Å². The van der Waals surface area contributed by atoms with E-state index in [1.165, 1.54) is 0 Å². The summed E-state index contributed by atoms with van der Waals surface area (Å²) in [5.74, 6) is 0.632. The molecule has 2 aromatic carbocycles. The van der Waals surface area contributed by atoms with Crippen molar-refractivity contribution < 1.29 is 9.53 Å². The maximum atomic E-state index is 12.7. The van der Waals surface area contributed by atoms with Crippen molar-refractivity contribution in [2.24, 2.45) is 5.73 Å². The lowest BCUT2D eigenvalue weighted by Gasteiger charge is -2.31. The van der Waals surface area contributed by atoms with Crippen molar-refractivity contribution in [3.8, 4) is 5.75 Å². The molecular weight excluding hydrogens is 392 g/mol. The zero-order valence-electron chi connectivity index (χ0n) is 13.3. The Balaban J connectivity index is 0.00000208.